The molecule has 0 amide bonds. The Morgan fingerprint density at radius 2 is 1.79 bits per heavy atom. The molecule has 0 aliphatic heterocycles. The Labute approximate surface area is 169 Å². The first-order chi connectivity index (χ1) is 13.3. The second-order valence-electron chi connectivity index (χ2n) is 7.32. The number of ether oxygens (including phenoxy) is 2. The standard InChI is InChI=1S/C21H24N4O2S/c1-21(2,3)16-11-9-14(10-12-16)19-23-24-20(28)25(19)22-13-15-7-6-8-17(26-4)18(15)27-5/h6-13H,1-5H3,(H,24,28)/b22-13+. The Morgan fingerprint density at radius 1 is 1.07 bits per heavy atom. The van der Waals surface area contributed by atoms with Gasteiger partial charge in [0.1, 0.15) is 0 Å². The highest BCUT2D eigenvalue weighted by Crippen LogP contribution is 2.30. The molecule has 0 unspecified atom stereocenters. The van der Waals surface area contributed by atoms with Gasteiger partial charge in [0.25, 0.3) is 0 Å². The Hall–Kier alpha value is -2.93. The number of nitrogens with one attached hydrogen (secondary N) is 1. The monoisotopic (exact) mass is 396 g/mol. The van der Waals surface area contributed by atoms with Gasteiger partial charge in [0.15, 0.2) is 17.3 Å². The van der Waals surface area contributed by atoms with Crippen molar-refractivity contribution in [2.75, 3.05) is 14.2 Å². The van der Waals surface area contributed by atoms with Crippen LogP contribution in [0.4, 0.5) is 0 Å². The molecule has 3 aromatic rings. The predicted molar refractivity (Wildman–Crippen MR) is 114 cm³/mol. The molecule has 7 heteroatoms. The molecule has 0 spiro atoms. The van der Waals surface area contributed by atoms with Gasteiger partial charge in [-0.1, -0.05) is 51.1 Å². The second kappa shape index (κ2) is 7.98. The molecular weight excluding hydrogens is 372 g/mol. The van der Waals surface area contributed by atoms with Crippen LogP contribution in [0.25, 0.3) is 11.4 Å². The van der Waals surface area contributed by atoms with Crippen molar-refractivity contribution in [1.82, 2.24) is 14.9 Å². The van der Waals surface area contributed by atoms with Gasteiger partial charge in [0, 0.05) is 11.1 Å². The van der Waals surface area contributed by atoms with Gasteiger partial charge in [0.05, 0.1) is 20.4 Å². The average Bonchev–Trinajstić information content (AvgIpc) is 3.05. The summed E-state index contributed by atoms with van der Waals surface area (Å²) in [6, 6.07) is 13.9. The third-order valence-electron chi connectivity index (χ3n) is 4.41. The number of para-hydroxylation sites is 1. The molecule has 146 valence electrons. The lowest BCUT2D eigenvalue weighted by Gasteiger charge is -2.18. The molecule has 0 saturated carbocycles. The Bertz CT molecular complexity index is 1040. The predicted octanol–water partition coefficient (Wildman–Crippen LogP) is 4.80. The van der Waals surface area contributed by atoms with Crippen molar-refractivity contribution >= 4 is 18.4 Å². The lowest BCUT2D eigenvalue weighted by atomic mass is 9.87. The van der Waals surface area contributed by atoms with Crippen LogP contribution in [0.1, 0.15) is 31.9 Å². The highest BCUT2D eigenvalue weighted by molar-refractivity contribution is 7.71. The van der Waals surface area contributed by atoms with E-state index in [9.17, 15) is 0 Å². The minimum atomic E-state index is 0.0876. The number of aromatic amines is 1. The average molecular weight is 397 g/mol. The van der Waals surface area contributed by atoms with Gasteiger partial charge < -0.3 is 9.47 Å². The van der Waals surface area contributed by atoms with Crippen LogP contribution in [-0.2, 0) is 5.41 Å². The number of aromatic nitrogens is 3. The van der Waals surface area contributed by atoms with Crippen LogP contribution in [0.2, 0.25) is 0 Å². The molecule has 0 fully saturated rings. The topological polar surface area (TPSA) is 64.4 Å². The first-order valence-electron chi connectivity index (χ1n) is 8.89. The summed E-state index contributed by atoms with van der Waals surface area (Å²) in [7, 11) is 3.20. The second-order valence-corrected chi connectivity index (χ2v) is 7.71. The van der Waals surface area contributed by atoms with Gasteiger partial charge in [-0.25, -0.2) is 5.10 Å². The third kappa shape index (κ3) is 3.99. The molecule has 2 aromatic carbocycles. The lowest BCUT2D eigenvalue weighted by Crippen LogP contribution is -2.10. The van der Waals surface area contributed by atoms with E-state index in [2.05, 4.69) is 48.2 Å². The number of hydrogen-bond acceptors (Lipinski definition) is 5. The fourth-order valence-corrected chi connectivity index (χ4v) is 3.02. The first-order valence-corrected chi connectivity index (χ1v) is 9.29. The van der Waals surface area contributed by atoms with E-state index in [0.717, 1.165) is 11.1 Å². The van der Waals surface area contributed by atoms with Crippen molar-refractivity contribution in [3.63, 3.8) is 0 Å². The van der Waals surface area contributed by atoms with Gasteiger partial charge in [-0.15, -0.1) is 0 Å². The van der Waals surface area contributed by atoms with Crippen molar-refractivity contribution in [3.05, 3.63) is 58.4 Å². The van der Waals surface area contributed by atoms with E-state index in [1.807, 2.05) is 30.3 Å². The van der Waals surface area contributed by atoms with Gasteiger partial charge in [-0.2, -0.15) is 14.9 Å². The summed E-state index contributed by atoms with van der Waals surface area (Å²) >= 11 is 5.36. The zero-order valence-electron chi connectivity index (χ0n) is 16.7. The summed E-state index contributed by atoms with van der Waals surface area (Å²) in [6.07, 6.45) is 1.68. The highest BCUT2D eigenvalue weighted by Gasteiger charge is 2.15. The van der Waals surface area contributed by atoms with Crippen molar-refractivity contribution in [2.45, 2.75) is 26.2 Å². The van der Waals surface area contributed by atoms with Crippen molar-refractivity contribution in [2.24, 2.45) is 5.10 Å². The molecule has 1 N–H and O–H groups in total. The molecule has 0 atom stereocenters. The van der Waals surface area contributed by atoms with E-state index in [1.54, 1.807) is 25.1 Å². The number of methoxy groups -OCH3 is 2. The minimum Gasteiger partial charge on any atom is -0.493 e. The van der Waals surface area contributed by atoms with Gasteiger partial charge >= 0.3 is 0 Å². The Morgan fingerprint density at radius 3 is 2.39 bits per heavy atom. The van der Waals surface area contributed by atoms with E-state index in [-0.39, 0.29) is 5.41 Å². The van der Waals surface area contributed by atoms with Crippen molar-refractivity contribution in [1.29, 1.82) is 0 Å². The number of hydrogen-bond donors (Lipinski definition) is 1. The maximum absolute atomic E-state index is 5.45. The van der Waals surface area contributed by atoms with Crippen LogP contribution < -0.4 is 9.47 Å². The van der Waals surface area contributed by atoms with E-state index in [4.69, 9.17) is 21.7 Å². The normalized spacial score (nSPS) is 11.8. The maximum Gasteiger partial charge on any atom is 0.216 e. The van der Waals surface area contributed by atoms with Gasteiger partial charge in [0.2, 0.25) is 4.77 Å². The van der Waals surface area contributed by atoms with Crippen LogP contribution in [0.15, 0.2) is 47.6 Å². The molecule has 6 nitrogen and oxygen atoms in total. The first kappa shape index (κ1) is 19.8. The summed E-state index contributed by atoms with van der Waals surface area (Å²) < 4.78 is 12.8. The SMILES string of the molecule is COc1cccc(/C=N/n2c(-c3ccc(C(C)(C)C)cc3)n[nH]c2=S)c1OC. The number of rotatable bonds is 5. The van der Waals surface area contributed by atoms with Crippen molar-refractivity contribution < 1.29 is 9.47 Å². The molecule has 0 radical (unpaired) electrons. The lowest BCUT2D eigenvalue weighted by molar-refractivity contribution is 0.354. The number of benzene rings is 2. The van der Waals surface area contributed by atoms with Crippen LogP contribution in [-0.4, -0.2) is 35.3 Å². The van der Waals surface area contributed by atoms with Gasteiger partial charge in [-0.05, 0) is 35.3 Å². The molecule has 28 heavy (non-hydrogen) atoms. The Balaban J connectivity index is 1.99. The summed E-state index contributed by atoms with van der Waals surface area (Å²) in [5, 5.41) is 11.7. The highest BCUT2D eigenvalue weighted by atomic mass is 32.1. The maximum atomic E-state index is 5.45. The van der Waals surface area contributed by atoms with E-state index < -0.39 is 0 Å². The van der Waals surface area contributed by atoms with Crippen LogP contribution >= 0.6 is 12.2 Å². The molecule has 1 aromatic heterocycles. The van der Waals surface area contributed by atoms with E-state index >= 15 is 0 Å². The molecule has 0 saturated heterocycles. The van der Waals surface area contributed by atoms with Crippen LogP contribution in [0.3, 0.4) is 0 Å². The van der Waals surface area contributed by atoms with Crippen molar-refractivity contribution in [3.8, 4) is 22.9 Å². The molecule has 0 bridgehead atoms. The zero-order valence-corrected chi connectivity index (χ0v) is 17.5. The molecule has 0 aliphatic rings. The smallest absolute Gasteiger partial charge is 0.216 e. The van der Waals surface area contributed by atoms with Crippen LogP contribution in [0.5, 0.6) is 11.5 Å². The largest absolute Gasteiger partial charge is 0.493 e. The molecular formula is C21H24N4O2S. The number of H-pyrrole nitrogens is 1. The summed E-state index contributed by atoms with van der Waals surface area (Å²) in [6.45, 7) is 6.55. The third-order valence-corrected chi connectivity index (χ3v) is 4.67. The summed E-state index contributed by atoms with van der Waals surface area (Å²) in [5.41, 5.74) is 3.04. The summed E-state index contributed by atoms with van der Waals surface area (Å²) in [5.74, 6) is 1.89. The molecule has 0 aliphatic carbocycles. The van der Waals surface area contributed by atoms with Crippen LogP contribution in [0, 0.1) is 4.77 Å². The fraction of sp³-hybridized carbons (Fsp3) is 0.286. The number of nitrogens with zero attached hydrogens (tertiary/aromatic N) is 3. The van der Waals surface area contributed by atoms with E-state index in [0.29, 0.717) is 22.1 Å². The van der Waals surface area contributed by atoms with E-state index in [1.165, 1.54) is 5.56 Å². The molecule has 1 heterocycles. The Kier molecular flexibility index (Phi) is 5.65. The zero-order chi connectivity index (χ0) is 20.3. The quantitative estimate of drug-likeness (QED) is 0.497. The fourth-order valence-electron chi connectivity index (χ4n) is 2.84. The summed E-state index contributed by atoms with van der Waals surface area (Å²) in [4.78, 5) is 0. The minimum absolute atomic E-state index is 0.0876. The van der Waals surface area contributed by atoms with Gasteiger partial charge in [-0.3, -0.25) is 0 Å². The molecule has 3 rings (SSSR count).